The molecule has 0 aliphatic rings. The summed E-state index contributed by atoms with van der Waals surface area (Å²) in [6.45, 7) is 9.99. The molecule has 1 aromatic rings. The van der Waals surface area contributed by atoms with Crippen molar-refractivity contribution in [2.75, 3.05) is 23.3 Å². The molecule has 0 amide bonds. The third kappa shape index (κ3) is 4.00. The van der Waals surface area contributed by atoms with Crippen LogP contribution in [0.15, 0.2) is 0 Å². The molecule has 0 aliphatic heterocycles. The van der Waals surface area contributed by atoms with Gasteiger partial charge in [0, 0.05) is 19.1 Å². The Morgan fingerprint density at radius 2 is 1.82 bits per heavy atom. The van der Waals surface area contributed by atoms with Gasteiger partial charge in [0.2, 0.25) is 17.2 Å². The van der Waals surface area contributed by atoms with Gasteiger partial charge in [-0.3, -0.25) is 0 Å². The van der Waals surface area contributed by atoms with Gasteiger partial charge in [0.25, 0.3) is 0 Å². The average molecular weight is 258 g/mol. The lowest BCUT2D eigenvalue weighted by Gasteiger charge is -2.19. The highest BCUT2D eigenvalue weighted by Gasteiger charge is 2.10. The third-order valence-electron chi connectivity index (χ3n) is 2.63. The van der Waals surface area contributed by atoms with Gasteiger partial charge in [0.05, 0.1) is 0 Å². The van der Waals surface area contributed by atoms with Crippen molar-refractivity contribution in [2.45, 2.75) is 40.2 Å². The molecule has 6 heteroatoms. The van der Waals surface area contributed by atoms with E-state index in [0.29, 0.717) is 17.9 Å². The van der Waals surface area contributed by atoms with Gasteiger partial charge in [-0.2, -0.15) is 15.0 Å². The molecule has 0 spiro atoms. The molecule has 0 fully saturated rings. The van der Waals surface area contributed by atoms with E-state index in [1.54, 1.807) is 0 Å². The summed E-state index contributed by atoms with van der Waals surface area (Å²) in [5.74, 6) is 1.17. The van der Waals surface area contributed by atoms with Crippen LogP contribution < -0.4 is 10.2 Å². The molecule has 0 bridgehead atoms. The van der Waals surface area contributed by atoms with Crippen LogP contribution in [0, 0.1) is 0 Å². The van der Waals surface area contributed by atoms with E-state index in [-0.39, 0.29) is 5.28 Å². The Hall–Kier alpha value is -1.10. The number of anilines is 2. The van der Waals surface area contributed by atoms with Crippen molar-refractivity contribution in [3.63, 3.8) is 0 Å². The molecule has 0 radical (unpaired) electrons. The van der Waals surface area contributed by atoms with Crippen LogP contribution in [0.25, 0.3) is 0 Å². The summed E-state index contributed by atoms with van der Waals surface area (Å²) in [6.07, 6.45) is 1.00. The molecule has 1 unspecified atom stereocenters. The van der Waals surface area contributed by atoms with Gasteiger partial charge < -0.3 is 10.2 Å². The number of halogens is 1. The molecule has 0 aromatic carbocycles. The Balaban J connectivity index is 2.93. The highest BCUT2D eigenvalue weighted by atomic mass is 35.5. The molecule has 0 saturated carbocycles. The van der Waals surface area contributed by atoms with Crippen LogP contribution in [0.1, 0.15) is 34.1 Å². The summed E-state index contributed by atoms with van der Waals surface area (Å²) in [5, 5.41) is 3.43. The summed E-state index contributed by atoms with van der Waals surface area (Å²) in [5.41, 5.74) is 0. The van der Waals surface area contributed by atoms with Gasteiger partial charge in [-0.15, -0.1) is 0 Å². The maximum Gasteiger partial charge on any atom is 0.231 e. The second kappa shape index (κ2) is 6.59. The summed E-state index contributed by atoms with van der Waals surface area (Å²) in [6, 6.07) is 0.318. The minimum atomic E-state index is 0.229. The lowest BCUT2D eigenvalue weighted by molar-refractivity contribution is 0.745. The SMILES string of the molecule is CCC(C)Nc1nc(Cl)nc(N(CC)CC)n1. The van der Waals surface area contributed by atoms with Gasteiger partial charge in [-0.05, 0) is 38.8 Å². The Kier molecular flexibility index (Phi) is 5.41. The van der Waals surface area contributed by atoms with E-state index in [9.17, 15) is 0 Å². The molecule has 1 rings (SSSR count). The van der Waals surface area contributed by atoms with Crippen LogP contribution in [0.4, 0.5) is 11.9 Å². The molecular weight excluding hydrogens is 238 g/mol. The van der Waals surface area contributed by atoms with E-state index in [0.717, 1.165) is 19.5 Å². The van der Waals surface area contributed by atoms with Crippen LogP contribution in [-0.4, -0.2) is 34.1 Å². The fraction of sp³-hybridized carbons (Fsp3) is 0.727. The van der Waals surface area contributed by atoms with Crippen LogP contribution in [0.3, 0.4) is 0 Å². The summed E-state index contributed by atoms with van der Waals surface area (Å²) in [7, 11) is 0. The zero-order valence-corrected chi connectivity index (χ0v) is 11.6. The first-order valence-electron chi connectivity index (χ1n) is 6.03. The third-order valence-corrected chi connectivity index (χ3v) is 2.80. The number of aromatic nitrogens is 3. The Morgan fingerprint density at radius 1 is 1.18 bits per heavy atom. The first kappa shape index (κ1) is 14.0. The number of nitrogens with zero attached hydrogens (tertiary/aromatic N) is 4. The zero-order chi connectivity index (χ0) is 12.8. The maximum absolute atomic E-state index is 5.91. The Morgan fingerprint density at radius 3 is 2.35 bits per heavy atom. The first-order valence-corrected chi connectivity index (χ1v) is 6.41. The molecule has 17 heavy (non-hydrogen) atoms. The van der Waals surface area contributed by atoms with Gasteiger partial charge in [-0.1, -0.05) is 6.92 Å². The number of rotatable bonds is 6. The quantitative estimate of drug-likeness (QED) is 0.849. The number of hydrogen-bond acceptors (Lipinski definition) is 5. The van der Waals surface area contributed by atoms with Crippen LogP contribution in [0.5, 0.6) is 0 Å². The molecule has 0 aliphatic carbocycles. The molecule has 5 nitrogen and oxygen atoms in total. The Bertz CT molecular complexity index is 354. The molecule has 1 heterocycles. The van der Waals surface area contributed by atoms with Crippen molar-refractivity contribution in [2.24, 2.45) is 0 Å². The zero-order valence-electron chi connectivity index (χ0n) is 10.9. The molecule has 1 aromatic heterocycles. The van der Waals surface area contributed by atoms with Gasteiger partial charge in [-0.25, -0.2) is 0 Å². The van der Waals surface area contributed by atoms with Gasteiger partial charge in [0.15, 0.2) is 0 Å². The van der Waals surface area contributed by atoms with Crippen molar-refractivity contribution >= 4 is 23.5 Å². The van der Waals surface area contributed by atoms with Crippen molar-refractivity contribution in [1.82, 2.24) is 15.0 Å². The maximum atomic E-state index is 5.91. The number of nitrogens with one attached hydrogen (secondary N) is 1. The van der Waals surface area contributed by atoms with Crippen molar-refractivity contribution in [3.05, 3.63) is 5.28 Å². The summed E-state index contributed by atoms with van der Waals surface area (Å²) < 4.78 is 0. The highest BCUT2D eigenvalue weighted by molar-refractivity contribution is 6.28. The van der Waals surface area contributed by atoms with E-state index < -0.39 is 0 Å². The van der Waals surface area contributed by atoms with Crippen LogP contribution in [-0.2, 0) is 0 Å². The lowest BCUT2D eigenvalue weighted by Crippen LogP contribution is -2.25. The van der Waals surface area contributed by atoms with E-state index in [1.165, 1.54) is 0 Å². The second-order valence-electron chi connectivity index (χ2n) is 3.85. The average Bonchev–Trinajstić information content (AvgIpc) is 2.29. The minimum Gasteiger partial charge on any atom is -0.352 e. The van der Waals surface area contributed by atoms with Crippen LogP contribution in [0.2, 0.25) is 5.28 Å². The Labute approximate surface area is 108 Å². The van der Waals surface area contributed by atoms with Gasteiger partial charge in [0.1, 0.15) is 0 Å². The highest BCUT2D eigenvalue weighted by Crippen LogP contribution is 2.14. The molecule has 96 valence electrons. The van der Waals surface area contributed by atoms with Crippen molar-refractivity contribution < 1.29 is 0 Å². The van der Waals surface area contributed by atoms with Crippen molar-refractivity contribution in [3.8, 4) is 0 Å². The smallest absolute Gasteiger partial charge is 0.231 e. The van der Waals surface area contributed by atoms with E-state index >= 15 is 0 Å². The van der Waals surface area contributed by atoms with E-state index in [2.05, 4.69) is 48.0 Å². The predicted molar refractivity (Wildman–Crippen MR) is 71.8 cm³/mol. The van der Waals surface area contributed by atoms with Crippen LogP contribution >= 0.6 is 11.6 Å². The fourth-order valence-electron chi connectivity index (χ4n) is 1.37. The molecular formula is C11H20ClN5. The van der Waals surface area contributed by atoms with E-state index in [4.69, 9.17) is 11.6 Å². The standard InChI is InChI=1S/C11H20ClN5/c1-5-8(4)13-10-14-9(12)15-11(16-10)17(6-2)7-3/h8H,5-7H2,1-4H3,(H,13,14,15,16). The molecule has 1 N–H and O–H groups in total. The predicted octanol–water partition coefficient (Wildman–Crippen LogP) is 2.58. The fourth-order valence-corrected chi connectivity index (χ4v) is 1.53. The lowest BCUT2D eigenvalue weighted by atomic mass is 10.3. The monoisotopic (exact) mass is 257 g/mol. The summed E-state index contributed by atoms with van der Waals surface area (Å²) >= 11 is 5.91. The largest absolute Gasteiger partial charge is 0.352 e. The van der Waals surface area contributed by atoms with Gasteiger partial charge >= 0.3 is 0 Å². The van der Waals surface area contributed by atoms with Crippen molar-refractivity contribution in [1.29, 1.82) is 0 Å². The number of hydrogen-bond donors (Lipinski definition) is 1. The van der Waals surface area contributed by atoms with E-state index in [1.807, 2.05) is 4.90 Å². The minimum absolute atomic E-state index is 0.229. The summed E-state index contributed by atoms with van der Waals surface area (Å²) in [4.78, 5) is 14.6. The first-order chi connectivity index (χ1) is 8.10. The molecule has 0 saturated heterocycles. The normalized spacial score (nSPS) is 12.3. The topological polar surface area (TPSA) is 53.9 Å². The second-order valence-corrected chi connectivity index (χ2v) is 4.19. The molecule has 1 atom stereocenters.